The maximum absolute atomic E-state index is 13.8. The summed E-state index contributed by atoms with van der Waals surface area (Å²) in [6.07, 6.45) is 4.23. The van der Waals surface area contributed by atoms with Gasteiger partial charge in [-0.25, -0.2) is 0 Å². The number of hydrogen-bond acceptors (Lipinski definition) is 8. The van der Waals surface area contributed by atoms with Crippen LogP contribution in [-0.2, 0) is 21.4 Å². The maximum Gasteiger partial charge on any atom is 0.194 e. The highest BCUT2D eigenvalue weighted by Gasteiger charge is 2.56. The monoisotopic (exact) mass is 465 g/mol. The van der Waals surface area contributed by atoms with Crippen LogP contribution in [0.4, 0.5) is 0 Å². The summed E-state index contributed by atoms with van der Waals surface area (Å²) in [4.78, 5) is 39.0. The van der Waals surface area contributed by atoms with E-state index in [1.165, 1.54) is 19.9 Å². The number of allylic oxidation sites excluding steroid dienone is 4. The Morgan fingerprint density at radius 3 is 2.53 bits per heavy atom. The van der Waals surface area contributed by atoms with Crippen molar-refractivity contribution >= 4 is 17.3 Å². The van der Waals surface area contributed by atoms with Crippen LogP contribution in [0.1, 0.15) is 61.4 Å². The molecule has 0 bridgehead atoms. The van der Waals surface area contributed by atoms with Gasteiger partial charge in [0.05, 0.1) is 17.4 Å². The van der Waals surface area contributed by atoms with Gasteiger partial charge in [0, 0.05) is 29.8 Å². The lowest BCUT2D eigenvalue weighted by Crippen LogP contribution is -2.41. The molecule has 2 heterocycles. The van der Waals surface area contributed by atoms with Crippen LogP contribution in [0.5, 0.6) is 17.2 Å². The maximum atomic E-state index is 13.8. The van der Waals surface area contributed by atoms with Gasteiger partial charge in [-0.2, -0.15) is 0 Å². The molecule has 2 atom stereocenters. The summed E-state index contributed by atoms with van der Waals surface area (Å²) < 4.78 is 11.1. The fourth-order valence-corrected chi connectivity index (χ4v) is 4.69. The Labute approximate surface area is 196 Å². The summed E-state index contributed by atoms with van der Waals surface area (Å²) in [7, 11) is 0. The van der Waals surface area contributed by atoms with E-state index >= 15 is 0 Å². The summed E-state index contributed by atoms with van der Waals surface area (Å²) in [5.74, 6) is -1.56. The predicted octanol–water partition coefficient (Wildman–Crippen LogP) is 3.77. The molecule has 1 aliphatic carbocycles. The highest BCUT2D eigenvalue weighted by molar-refractivity contribution is 6.31. The van der Waals surface area contributed by atoms with E-state index < -0.39 is 28.5 Å². The summed E-state index contributed by atoms with van der Waals surface area (Å²) in [6.45, 7) is 7.86. The summed E-state index contributed by atoms with van der Waals surface area (Å²) >= 11 is 0. The van der Waals surface area contributed by atoms with Crippen molar-refractivity contribution in [1.82, 2.24) is 5.32 Å². The van der Waals surface area contributed by atoms with E-state index in [4.69, 9.17) is 9.15 Å². The van der Waals surface area contributed by atoms with E-state index in [1.54, 1.807) is 20.1 Å². The lowest BCUT2D eigenvalue weighted by molar-refractivity contribution is -0.123. The molecule has 8 heteroatoms. The lowest BCUT2D eigenvalue weighted by Gasteiger charge is -2.29. The molecule has 34 heavy (non-hydrogen) atoms. The largest absolute Gasteiger partial charge is 0.507 e. The number of ether oxygens (including phenoxy) is 1. The van der Waals surface area contributed by atoms with Gasteiger partial charge in [-0.05, 0) is 53.2 Å². The number of aromatic hydroxyl groups is 2. The number of benzene rings is 1. The van der Waals surface area contributed by atoms with Crippen molar-refractivity contribution in [2.24, 2.45) is 0 Å². The number of hydrogen-bond donors (Lipinski definition) is 3. The van der Waals surface area contributed by atoms with Gasteiger partial charge < -0.3 is 24.7 Å². The highest BCUT2D eigenvalue weighted by Crippen LogP contribution is 2.57. The smallest absolute Gasteiger partial charge is 0.194 e. The molecule has 3 N–H and O–H groups in total. The molecular weight excluding hydrogens is 438 g/mol. The molecule has 0 saturated carbocycles. The summed E-state index contributed by atoms with van der Waals surface area (Å²) in [6, 6.07) is 3.65. The van der Waals surface area contributed by atoms with Gasteiger partial charge in [-0.1, -0.05) is 0 Å². The number of ketones is 3. The summed E-state index contributed by atoms with van der Waals surface area (Å²) in [5, 5.41) is 24.5. The first-order chi connectivity index (χ1) is 16.0. The molecule has 0 spiro atoms. The minimum atomic E-state index is -1.52. The minimum absolute atomic E-state index is 0.0164. The third-order valence-corrected chi connectivity index (χ3v) is 6.63. The van der Waals surface area contributed by atoms with Gasteiger partial charge in [-0.3, -0.25) is 14.4 Å². The van der Waals surface area contributed by atoms with Crippen LogP contribution in [0.2, 0.25) is 0 Å². The molecule has 1 aromatic heterocycles. The third-order valence-electron chi connectivity index (χ3n) is 6.63. The van der Waals surface area contributed by atoms with Crippen molar-refractivity contribution in [3.63, 3.8) is 0 Å². The second-order valence-corrected chi connectivity index (χ2v) is 9.05. The average molecular weight is 466 g/mol. The topological polar surface area (TPSA) is 126 Å². The van der Waals surface area contributed by atoms with E-state index in [9.17, 15) is 24.6 Å². The van der Waals surface area contributed by atoms with Crippen molar-refractivity contribution < 1.29 is 33.8 Å². The Morgan fingerprint density at radius 1 is 1.21 bits per heavy atom. The number of carbonyl (C=O) groups is 3. The van der Waals surface area contributed by atoms with E-state index in [0.717, 1.165) is 5.76 Å². The van der Waals surface area contributed by atoms with Gasteiger partial charge in [0.1, 0.15) is 39.7 Å². The van der Waals surface area contributed by atoms with Crippen LogP contribution in [0.15, 0.2) is 45.9 Å². The summed E-state index contributed by atoms with van der Waals surface area (Å²) in [5.41, 5.74) is -1.14. The van der Waals surface area contributed by atoms with Crippen LogP contribution in [0.25, 0.3) is 0 Å². The van der Waals surface area contributed by atoms with Gasteiger partial charge in [-0.15, -0.1) is 0 Å². The Kier molecular flexibility index (Phi) is 5.63. The van der Waals surface area contributed by atoms with Crippen LogP contribution >= 0.6 is 0 Å². The van der Waals surface area contributed by atoms with Crippen LogP contribution < -0.4 is 10.1 Å². The Morgan fingerprint density at radius 2 is 1.91 bits per heavy atom. The molecule has 8 nitrogen and oxygen atoms in total. The Balaban J connectivity index is 1.74. The lowest BCUT2D eigenvalue weighted by atomic mass is 9.70. The minimum Gasteiger partial charge on any atom is -0.507 e. The third kappa shape index (κ3) is 3.41. The molecule has 0 radical (unpaired) electrons. The van der Waals surface area contributed by atoms with Crippen molar-refractivity contribution in [2.45, 2.75) is 58.9 Å². The molecule has 178 valence electrons. The number of nitrogens with one attached hydrogen (secondary N) is 1. The predicted molar refractivity (Wildman–Crippen MR) is 123 cm³/mol. The van der Waals surface area contributed by atoms with E-state index in [2.05, 4.69) is 5.32 Å². The normalized spacial score (nSPS) is 21.4. The zero-order chi connectivity index (χ0) is 24.9. The quantitative estimate of drug-likeness (QED) is 0.334. The molecule has 1 unspecified atom stereocenters. The number of rotatable bonds is 6. The zero-order valence-corrected chi connectivity index (χ0v) is 19.7. The molecule has 0 fully saturated rings. The second kappa shape index (κ2) is 8.20. The van der Waals surface area contributed by atoms with Crippen molar-refractivity contribution in [3.8, 4) is 17.2 Å². The second-order valence-electron chi connectivity index (χ2n) is 9.05. The van der Waals surface area contributed by atoms with Crippen molar-refractivity contribution in [1.29, 1.82) is 0 Å². The molecule has 0 saturated heterocycles. The van der Waals surface area contributed by atoms with E-state index in [1.807, 2.05) is 19.1 Å². The number of phenolic OH excluding ortho intramolecular Hbond substituents is 2. The zero-order valence-electron chi connectivity index (χ0n) is 19.7. The number of furan rings is 1. The van der Waals surface area contributed by atoms with Crippen LogP contribution in [-0.4, -0.2) is 33.6 Å². The SMILES string of the molecule is CC(=O)c1c(O)c(C)c(O)c2c1OC1=CC(=O)/C(=C(/C)NC(C)CCc3ccco3)C(=O)[C@@]12C. The van der Waals surface area contributed by atoms with Gasteiger partial charge in [0.25, 0.3) is 0 Å². The first-order valence-corrected chi connectivity index (χ1v) is 11.1. The molecule has 1 aliphatic heterocycles. The first-order valence-electron chi connectivity index (χ1n) is 11.1. The molecule has 1 aromatic carbocycles. The molecule has 0 amide bonds. The number of Topliss-reactive ketones (excluding diaryl/α,β-unsaturated/α-hetero) is 2. The van der Waals surface area contributed by atoms with E-state index in [0.29, 0.717) is 18.5 Å². The Bertz CT molecular complexity index is 1280. The van der Waals surface area contributed by atoms with Gasteiger partial charge in [0.15, 0.2) is 17.3 Å². The molecule has 2 aromatic rings. The molecular formula is C26H27NO7. The fourth-order valence-electron chi connectivity index (χ4n) is 4.69. The van der Waals surface area contributed by atoms with Crippen molar-refractivity contribution in [2.75, 3.05) is 0 Å². The number of carbonyl (C=O) groups excluding carboxylic acids is 3. The average Bonchev–Trinajstić information content (AvgIpc) is 3.37. The van der Waals surface area contributed by atoms with Crippen molar-refractivity contribution in [3.05, 3.63) is 64.0 Å². The molecule has 4 rings (SSSR count). The van der Waals surface area contributed by atoms with E-state index in [-0.39, 0.29) is 45.6 Å². The highest BCUT2D eigenvalue weighted by atomic mass is 16.5. The number of fused-ring (bicyclic) bond motifs is 3. The fraction of sp³-hybridized carbons (Fsp3) is 0.346. The molecule has 2 aliphatic rings. The first kappa shape index (κ1) is 23.4. The van der Waals surface area contributed by atoms with Gasteiger partial charge >= 0.3 is 0 Å². The standard InChI is InChI=1S/C26H27NO7/c1-12(8-9-16-7-6-10-33-16)27-14(3)19-17(29)11-18-26(5,25(19)32)21-23(31)13(2)22(30)20(15(4)28)24(21)34-18/h6-7,10-12,27,30-31H,8-9H2,1-5H3/b19-14+/t12?,26-/m0/s1. The number of phenols is 2. The van der Waals surface area contributed by atoms with Gasteiger partial charge in [0.2, 0.25) is 0 Å². The van der Waals surface area contributed by atoms with Crippen LogP contribution in [0.3, 0.4) is 0 Å². The van der Waals surface area contributed by atoms with Crippen LogP contribution in [0, 0.1) is 6.92 Å². The Hall–Kier alpha value is -3.81. The number of aryl methyl sites for hydroxylation is 1.